The SMILES string of the molecule is COc1ccc(NC(=O)Nc2ccc3c(c2)c(OCC(=O)c2ccc(Cl)cc2)nn3Cc2ccc(Cl)c(Cl)c2)cc1. The fraction of sp³-hybridized carbons (Fsp3) is 0.100. The molecule has 0 atom stereocenters. The van der Waals surface area contributed by atoms with Crippen molar-refractivity contribution < 1.29 is 19.1 Å². The smallest absolute Gasteiger partial charge is 0.323 e. The van der Waals surface area contributed by atoms with Gasteiger partial charge in [0.1, 0.15) is 5.75 Å². The van der Waals surface area contributed by atoms with E-state index in [0.29, 0.717) is 49.7 Å². The highest BCUT2D eigenvalue weighted by atomic mass is 35.5. The molecule has 0 fully saturated rings. The molecular formula is C30H23Cl3N4O4. The van der Waals surface area contributed by atoms with Gasteiger partial charge in [-0.3, -0.25) is 9.48 Å². The van der Waals surface area contributed by atoms with E-state index in [4.69, 9.17) is 44.3 Å². The first-order chi connectivity index (χ1) is 19.8. The predicted molar refractivity (Wildman–Crippen MR) is 162 cm³/mol. The quantitative estimate of drug-likeness (QED) is 0.165. The van der Waals surface area contributed by atoms with Crippen LogP contribution in [0.15, 0.2) is 84.9 Å². The predicted octanol–water partition coefficient (Wildman–Crippen LogP) is 7.96. The van der Waals surface area contributed by atoms with Crippen LogP contribution < -0.4 is 20.1 Å². The summed E-state index contributed by atoms with van der Waals surface area (Å²) in [5.74, 6) is 0.685. The van der Waals surface area contributed by atoms with Crippen LogP contribution in [0.4, 0.5) is 16.2 Å². The molecule has 8 nitrogen and oxygen atoms in total. The van der Waals surface area contributed by atoms with Gasteiger partial charge in [0.05, 0.1) is 34.6 Å². The molecule has 4 aromatic carbocycles. The number of anilines is 2. The number of amides is 2. The molecule has 0 saturated heterocycles. The van der Waals surface area contributed by atoms with E-state index in [1.807, 2.05) is 12.1 Å². The highest BCUT2D eigenvalue weighted by Gasteiger charge is 2.16. The standard InChI is InChI=1S/C30H23Cl3N4O4/c1-40-23-10-7-21(8-11-23)34-30(39)35-22-9-13-27-24(15-22)29(41-17-28(38)19-3-5-20(31)6-4-19)36-37(27)16-18-2-12-25(32)26(33)14-18/h2-15H,16-17H2,1H3,(H2,34,35,39). The minimum atomic E-state index is -0.432. The molecule has 0 spiro atoms. The second kappa shape index (κ2) is 12.5. The number of halogens is 3. The van der Waals surface area contributed by atoms with Crippen molar-refractivity contribution in [2.75, 3.05) is 24.4 Å². The van der Waals surface area contributed by atoms with Crippen LogP contribution in [0.3, 0.4) is 0 Å². The number of nitrogens with one attached hydrogen (secondary N) is 2. The lowest BCUT2D eigenvalue weighted by atomic mass is 10.1. The summed E-state index contributed by atoms with van der Waals surface area (Å²) in [5.41, 5.74) is 3.17. The van der Waals surface area contributed by atoms with Crippen LogP contribution >= 0.6 is 34.8 Å². The lowest BCUT2D eigenvalue weighted by molar-refractivity contribution is 0.0918. The molecule has 0 radical (unpaired) electrons. The molecule has 5 rings (SSSR count). The Balaban J connectivity index is 1.40. The minimum Gasteiger partial charge on any atom is -0.497 e. The number of methoxy groups -OCH3 is 1. The molecule has 1 heterocycles. The van der Waals surface area contributed by atoms with E-state index in [0.717, 1.165) is 11.1 Å². The Morgan fingerprint density at radius 2 is 1.54 bits per heavy atom. The van der Waals surface area contributed by atoms with Crippen LogP contribution in [0.1, 0.15) is 15.9 Å². The summed E-state index contributed by atoms with van der Waals surface area (Å²) in [7, 11) is 1.57. The van der Waals surface area contributed by atoms with E-state index in [1.54, 1.807) is 84.6 Å². The average molecular weight is 610 g/mol. The Morgan fingerprint density at radius 3 is 2.24 bits per heavy atom. The van der Waals surface area contributed by atoms with Gasteiger partial charge in [-0.2, -0.15) is 0 Å². The summed E-state index contributed by atoms with van der Waals surface area (Å²) in [4.78, 5) is 25.4. The van der Waals surface area contributed by atoms with Crippen molar-refractivity contribution in [2.45, 2.75) is 6.54 Å². The number of ketones is 1. The van der Waals surface area contributed by atoms with Crippen molar-refractivity contribution in [2.24, 2.45) is 0 Å². The van der Waals surface area contributed by atoms with Crippen LogP contribution in [0.5, 0.6) is 11.6 Å². The number of fused-ring (bicyclic) bond motifs is 1. The van der Waals surface area contributed by atoms with Gasteiger partial charge in [-0.05, 0) is 84.4 Å². The molecule has 208 valence electrons. The lowest BCUT2D eigenvalue weighted by Crippen LogP contribution is -2.19. The molecule has 2 amide bonds. The second-order valence-electron chi connectivity index (χ2n) is 8.97. The zero-order valence-corrected chi connectivity index (χ0v) is 23.9. The maximum Gasteiger partial charge on any atom is 0.323 e. The number of carbonyl (C=O) groups is 2. The molecule has 11 heteroatoms. The highest BCUT2D eigenvalue weighted by Crippen LogP contribution is 2.30. The summed E-state index contributed by atoms with van der Waals surface area (Å²) >= 11 is 18.2. The summed E-state index contributed by atoms with van der Waals surface area (Å²) in [6.45, 7) is 0.128. The third-order valence-corrected chi connectivity index (χ3v) is 7.14. The first kappa shape index (κ1) is 28.3. The topological polar surface area (TPSA) is 94.5 Å². The van der Waals surface area contributed by atoms with Gasteiger partial charge in [-0.15, -0.1) is 5.10 Å². The first-order valence-corrected chi connectivity index (χ1v) is 13.5. The summed E-state index contributed by atoms with van der Waals surface area (Å²) < 4.78 is 12.8. The highest BCUT2D eigenvalue weighted by molar-refractivity contribution is 6.42. The maximum atomic E-state index is 12.8. The molecular weight excluding hydrogens is 587 g/mol. The van der Waals surface area contributed by atoms with Gasteiger partial charge in [0.25, 0.3) is 0 Å². The van der Waals surface area contributed by atoms with Crippen molar-refractivity contribution in [1.29, 1.82) is 0 Å². The van der Waals surface area contributed by atoms with Gasteiger partial charge in [0.15, 0.2) is 12.4 Å². The molecule has 1 aromatic heterocycles. The molecule has 0 unspecified atom stereocenters. The number of benzene rings is 4. The number of hydrogen-bond acceptors (Lipinski definition) is 5. The molecule has 5 aromatic rings. The van der Waals surface area contributed by atoms with Crippen molar-refractivity contribution in [3.8, 4) is 11.6 Å². The van der Waals surface area contributed by atoms with E-state index in [2.05, 4.69) is 15.7 Å². The number of carbonyl (C=O) groups excluding carboxylic acids is 2. The number of Topliss-reactive ketones (excluding diaryl/α,β-unsaturated/α-hetero) is 1. The first-order valence-electron chi connectivity index (χ1n) is 12.4. The molecule has 41 heavy (non-hydrogen) atoms. The lowest BCUT2D eigenvalue weighted by Gasteiger charge is -2.09. The van der Waals surface area contributed by atoms with Gasteiger partial charge in [-0.25, -0.2) is 4.79 Å². The van der Waals surface area contributed by atoms with Crippen LogP contribution in [0, 0.1) is 0 Å². The summed E-state index contributed by atoms with van der Waals surface area (Å²) in [6.07, 6.45) is 0. The van der Waals surface area contributed by atoms with Crippen molar-refractivity contribution in [3.63, 3.8) is 0 Å². The number of nitrogens with zero attached hydrogens (tertiary/aromatic N) is 2. The van der Waals surface area contributed by atoms with Gasteiger partial charge < -0.3 is 20.1 Å². The summed E-state index contributed by atoms with van der Waals surface area (Å²) in [5, 5.41) is 12.3. The fourth-order valence-corrected chi connectivity index (χ4v) is 4.53. The number of ether oxygens (including phenoxy) is 2. The Labute approximate surface area is 250 Å². The molecule has 0 aliphatic rings. The molecule has 0 saturated carbocycles. The normalized spacial score (nSPS) is 10.8. The third-order valence-electron chi connectivity index (χ3n) is 6.14. The average Bonchev–Trinajstić information content (AvgIpc) is 3.30. The zero-order chi connectivity index (χ0) is 28.9. The van der Waals surface area contributed by atoms with Crippen LogP contribution in [0.2, 0.25) is 15.1 Å². The fourth-order valence-electron chi connectivity index (χ4n) is 4.09. The monoisotopic (exact) mass is 608 g/mol. The largest absolute Gasteiger partial charge is 0.497 e. The molecule has 0 bridgehead atoms. The maximum absolute atomic E-state index is 12.8. The Hall–Kier alpha value is -4.24. The Morgan fingerprint density at radius 1 is 0.829 bits per heavy atom. The van der Waals surface area contributed by atoms with Crippen molar-refractivity contribution >= 4 is 68.9 Å². The number of aromatic nitrogens is 2. The van der Waals surface area contributed by atoms with E-state index in [-0.39, 0.29) is 18.3 Å². The van der Waals surface area contributed by atoms with Crippen LogP contribution in [0.25, 0.3) is 10.9 Å². The van der Waals surface area contributed by atoms with Gasteiger partial charge in [0.2, 0.25) is 5.88 Å². The van der Waals surface area contributed by atoms with Crippen LogP contribution in [-0.4, -0.2) is 35.3 Å². The van der Waals surface area contributed by atoms with E-state index >= 15 is 0 Å². The number of urea groups is 1. The summed E-state index contributed by atoms with van der Waals surface area (Å²) in [6, 6.07) is 23.7. The second-order valence-corrected chi connectivity index (χ2v) is 10.2. The zero-order valence-electron chi connectivity index (χ0n) is 21.7. The van der Waals surface area contributed by atoms with E-state index in [9.17, 15) is 9.59 Å². The minimum absolute atomic E-state index is 0.234. The van der Waals surface area contributed by atoms with Crippen molar-refractivity contribution in [1.82, 2.24) is 9.78 Å². The number of hydrogen-bond donors (Lipinski definition) is 2. The van der Waals surface area contributed by atoms with Crippen molar-refractivity contribution in [3.05, 3.63) is 111 Å². The van der Waals surface area contributed by atoms with Gasteiger partial charge in [-0.1, -0.05) is 40.9 Å². The van der Waals surface area contributed by atoms with Gasteiger partial charge >= 0.3 is 6.03 Å². The Kier molecular flexibility index (Phi) is 8.64. The van der Waals surface area contributed by atoms with Crippen LogP contribution in [-0.2, 0) is 6.54 Å². The Bertz CT molecular complexity index is 1720. The molecule has 0 aliphatic heterocycles. The molecule has 0 aliphatic carbocycles. The van der Waals surface area contributed by atoms with Gasteiger partial charge in [0, 0.05) is 22.0 Å². The number of rotatable bonds is 9. The molecule has 2 N–H and O–H groups in total. The van der Waals surface area contributed by atoms with E-state index in [1.165, 1.54) is 0 Å². The van der Waals surface area contributed by atoms with E-state index < -0.39 is 6.03 Å². The third kappa shape index (κ3) is 6.92.